The fourth-order valence-electron chi connectivity index (χ4n) is 3.45. The van der Waals surface area contributed by atoms with Gasteiger partial charge in [-0.25, -0.2) is 4.39 Å². The second kappa shape index (κ2) is 7.47. The third kappa shape index (κ3) is 4.44. The monoisotopic (exact) mass is 338 g/mol. The van der Waals surface area contributed by atoms with Crippen molar-refractivity contribution >= 4 is 11.8 Å². The number of amides is 2. The summed E-state index contributed by atoms with van der Waals surface area (Å²) in [7, 11) is 0. The summed E-state index contributed by atoms with van der Waals surface area (Å²) in [6, 6.07) is 1.56. The van der Waals surface area contributed by atoms with Crippen molar-refractivity contribution in [1.82, 2.24) is 15.1 Å². The highest BCUT2D eigenvalue weighted by molar-refractivity contribution is 5.80. The summed E-state index contributed by atoms with van der Waals surface area (Å²) < 4.78 is 13.4. The van der Waals surface area contributed by atoms with E-state index in [1.807, 2.05) is 24.8 Å². The molecule has 0 aromatic heterocycles. The van der Waals surface area contributed by atoms with Crippen LogP contribution in [0.25, 0.3) is 0 Å². The first-order valence-electron chi connectivity index (χ1n) is 8.61. The van der Waals surface area contributed by atoms with Gasteiger partial charge in [0, 0.05) is 31.0 Å². The van der Waals surface area contributed by atoms with Gasteiger partial charge in [0.1, 0.15) is 12.2 Å². The second-order valence-electron chi connectivity index (χ2n) is 7.52. The summed E-state index contributed by atoms with van der Waals surface area (Å²) in [5.74, 6) is -0.207. The zero-order valence-electron chi connectivity index (χ0n) is 14.7. The Balaban J connectivity index is 1.84. The van der Waals surface area contributed by atoms with E-state index in [0.29, 0.717) is 6.42 Å². The van der Waals surface area contributed by atoms with Crippen molar-refractivity contribution in [2.75, 3.05) is 19.6 Å². The minimum atomic E-state index is -1.13. The number of carbonyl (C=O) groups excluding carboxylic acids is 2. The van der Waals surface area contributed by atoms with Crippen molar-refractivity contribution in [2.24, 2.45) is 0 Å². The van der Waals surface area contributed by atoms with Gasteiger partial charge in [-0.3, -0.25) is 9.59 Å². The maximum atomic E-state index is 13.4. The molecule has 0 aliphatic carbocycles. The zero-order valence-corrected chi connectivity index (χ0v) is 14.7. The number of hydrogen-bond donors (Lipinski definition) is 1. The van der Waals surface area contributed by atoms with Crippen LogP contribution in [-0.4, -0.2) is 65.0 Å². The number of nitrogens with one attached hydrogen (secondary N) is 1. The van der Waals surface area contributed by atoms with Gasteiger partial charge in [0.15, 0.2) is 0 Å². The van der Waals surface area contributed by atoms with Crippen molar-refractivity contribution < 1.29 is 14.0 Å². The van der Waals surface area contributed by atoms with Crippen LogP contribution in [-0.2, 0) is 9.59 Å². The van der Waals surface area contributed by atoms with Gasteiger partial charge in [-0.15, -0.1) is 0 Å². The minimum Gasteiger partial charge on any atom is -0.340 e. The van der Waals surface area contributed by atoms with Crippen molar-refractivity contribution in [3.63, 3.8) is 0 Å². The fraction of sp³-hybridized carbons (Fsp3) is 0.824. The van der Waals surface area contributed by atoms with Crippen molar-refractivity contribution in [2.45, 2.75) is 70.2 Å². The van der Waals surface area contributed by atoms with E-state index in [2.05, 4.69) is 12.2 Å². The van der Waals surface area contributed by atoms with E-state index < -0.39 is 17.8 Å². The molecular weight excluding hydrogens is 311 g/mol. The van der Waals surface area contributed by atoms with Gasteiger partial charge < -0.3 is 15.1 Å². The highest BCUT2D eigenvalue weighted by Gasteiger charge is 2.36. The van der Waals surface area contributed by atoms with Crippen molar-refractivity contribution in [3.8, 4) is 6.07 Å². The molecule has 7 heteroatoms. The average Bonchev–Trinajstić information content (AvgIpc) is 3.10. The predicted molar refractivity (Wildman–Crippen MR) is 87.7 cm³/mol. The molecule has 3 atom stereocenters. The number of nitriles is 1. The molecule has 0 bridgehead atoms. The molecule has 2 unspecified atom stereocenters. The van der Waals surface area contributed by atoms with Crippen LogP contribution in [0.4, 0.5) is 4.39 Å². The van der Waals surface area contributed by atoms with Crippen LogP contribution in [0, 0.1) is 11.3 Å². The SMILES string of the molecule is C[C@@H]1CCCN1C(=O)CC(C)(C)NCC(=O)N1CC(F)CC1C#N. The number of likely N-dealkylation sites (tertiary alicyclic amines) is 2. The number of carbonyl (C=O) groups is 2. The number of hydrogen-bond acceptors (Lipinski definition) is 4. The molecule has 6 nitrogen and oxygen atoms in total. The molecule has 0 aromatic rings. The first-order chi connectivity index (χ1) is 11.2. The summed E-state index contributed by atoms with van der Waals surface area (Å²) in [6.45, 7) is 6.58. The lowest BCUT2D eigenvalue weighted by Gasteiger charge is -2.30. The van der Waals surface area contributed by atoms with Crippen molar-refractivity contribution in [1.29, 1.82) is 5.26 Å². The Morgan fingerprint density at radius 3 is 2.62 bits per heavy atom. The lowest BCUT2D eigenvalue weighted by atomic mass is 9.99. The lowest BCUT2D eigenvalue weighted by molar-refractivity contribution is -0.134. The van der Waals surface area contributed by atoms with Crippen LogP contribution >= 0.6 is 0 Å². The van der Waals surface area contributed by atoms with E-state index in [-0.39, 0.29) is 37.4 Å². The molecule has 2 heterocycles. The van der Waals surface area contributed by atoms with Gasteiger partial charge in [-0.05, 0) is 33.6 Å². The molecule has 24 heavy (non-hydrogen) atoms. The Labute approximate surface area is 143 Å². The molecule has 2 rings (SSSR count). The average molecular weight is 338 g/mol. The molecule has 0 spiro atoms. The smallest absolute Gasteiger partial charge is 0.237 e. The van der Waals surface area contributed by atoms with Crippen molar-refractivity contribution in [3.05, 3.63) is 0 Å². The summed E-state index contributed by atoms with van der Waals surface area (Å²) in [5.41, 5.74) is -0.536. The van der Waals surface area contributed by atoms with Crippen LogP contribution in [0.5, 0.6) is 0 Å². The highest BCUT2D eigenvalue weighted by atomic mass is 19.1. The molecule has 2 aliphatic heterocycles. The van der Waals surface area contributed by atoms with Crippen LogP contribution in [0.1, 0.15) is 46.5 Å². The Morgan fingerprint density at radius 2 is 2.04 bits per heavy atom. The molecular formula is C17H27FN4O2. The molecule has 0 saturated carbocycles. The molecule has 2 amide bonds. The maximum Gasteiger partial charge on any atom is 0.237 e. The Kier molecular flexibility index (Phi) is 5.81. The molecule has 1 N–H and O–H groups in total. The summed E-state index contributed by atoms with van der Waals surface area (Å²) in [4.78, 5) is 27.8. The van der Waals surface area contributed by atoms with E-state index in [0.717, 1.165) is 19.4 Å². The fourth-order valence-corrected chi connectivity index (χ4v) is 3.45. The first-order valence-corrected chi connectivity index (χ1v) is 8.61. The van der Waals surface area contributed by atoms with Gasteiger partial charge >= 0.3 is 0 Å². The second-order valence-corrected chi connectivity index (χ2v) is 7.52. The third-order valence-electron chi connectivity index (χ3n) is 4.90. The summed E-state index contributed by atoms with van der Waals surface area (Å²) in [6.07, 6.45) is 1.32. The van der Waals surface area contributed by atoms with Gasteiger partial charge in [-0.1, -0.05) is 0 Å². The number of alkyl halides is 1. The molecule has 0 aromatic carbocycles. The van der Waals surface area contributed by atoms with E-state index in [4.69, 9.17) is 5.26 Å². The Hall–Kier alpha value is -1.68. The van der Waals surface area contributed by atoms with Crippen LogP contribution in [0.2, 0.25) is 0 Å². The summed E-state index contributed by atoms with van der Waals surface area (Å²) in [5, 5.41) is 12.1. The topological polar surface area (TPSA) is 76.4 Å². The van der Waals surface area contributed by atoms with Gasteiger partial charge in [0.2, 0.25) is 11.8 Å². The Morgan fingerprint density at radius 1 is 1.33 bits per heavy atom. The van der Waals surface area contributed by atoms with E-state index in [1.165, 1.54) is 4.90 Å². The quantitative estimate of drug-likeness (QED) is 0.818. The predicted octanol–water partition coefficient (Wildman–Crippen LogP) is 1.22. The van der Waals surface area contributed by atoms with Crippen LogP contribution < -0.4 is 5.32 Å². The number of nitrogens with zero attached hydrogens (tertiary/aromatic N) is 3. The third-order valence-corrected chi connectivity index (χ3v) is 4.90. The number of halogens is 1. The van der Waals surface area contributed by atoms with Gasteiger partial charge in [-0.2, -0.15) is 5.26 Å². The molecule has 2 saturated heterocycles. The highest BCUT2D eigenvalue weighted by Crippen LogP contribution is 2.22. The largest absolute Gasteiger partial charge is 0.340 e. The lowest BCUT2D eigenvalue weighted by Crippen LogP contribution is -2.50. The van der Waals surface area contributed by atoms with E-state index >= 15 is 0 Å². The summed E-state index contributed by atoms with van der Waals surface area (Å²) >= 11 is 0. The van der Waals surface area contributed by atoms with E-state index in [1.54, 1.807) is 0 Å². The van der Waals surface area contributed by atoms with Gasteiger partial charge in [0.25, 0.3) is 0 Å². The zero-order chi connectivity index (χ0) is 17.9. The molecule has 134 valence electrons. The molecule has 2 fully saturated rings. The van der Waals surface area contributed by atoms with E-state index in [9.17, 15) is 14.0 Å². The molecule has 0 radical (unpaired) electrons. The normalized spacial score (nSPS) is 27.4. The first kappa shape index (κ1) is 18.7. The minimum absolute atomic E-state index is 0.000728. The van der Waals surface area contributed by atoms with Crippen LogP contribution in [0.3, 0.4) is 0 Å². The number of rotatable bonds is 5. The standard InChI is InChI=1S/C17H27FN4O2/c1-12-5-4-6-21(12)15(23)8-17(2,3)20-10-16(24)22-11-13(18)7-14(22)9-19/h12-14,20H,4-8,10-11H2,1-3H3/t12-,13?,14?/m1/s1. The van der Waals surface area contributed by atoms with Gasteiger partial charge in [0.05, 0.1) is 19.2 Å². The molecule has 2 aliphatic rings. The van der Waals surface area contributed by atoms with Crippen LogP contribution in [0.15, 0.2) is 0 Å². The Bertz CT molecular complexity index is 531. The maximum absolute atomic E-state index is 13.4.